The first kappa shape index (κ1) is 11.0. The van der Waals surface area contributed by atoms with Gasteiger partial charge in [-0.05, 0) is 22.0 Å². The zero-order chi connectivity index (χ0) is 10.7. The summed E-state index contributed by atoms with van der Waals surface area (Å²) in [5.41, 5.74) is 0.0868. The number of halogens is 1. The van der Waals surface area contributed by atoms with Gasteiger partial charge in [-0.2, -0.15) is 0 Å². The van der Waals surface area contributed by atoms with Gasteiger partial charge in [-0.3, -0.25) is 9.59 Å². The molecule has 1 aromatic rings. The molecule has 1 N–H and O–H groups in total. The lowest BCUT2D eigenvalue weighted by atomic mass is 10.3. The second-order valence-electron chi connectivity index (χ2n) is 2.89. The standard InChI is InChI=1S/C9H11BrN2O2/c1-3-8(13)11-7-4-6(10)5-12(2)9(7)14/h4-5H,3H2,1-2H3,(H,11,13). The number of hydrogen-bond acceptors (Lipinski definition) is 2. The van der Waals surface area contributed by atoms with E-state index in [1.54, 1.807) is 26.2 Å². The first-order valence-electron chi connectivity index (χ1n) is 4.20. The lowest BCUT2D eigenvalue weighted by Gasteiger charge is -2.05. The van der Waals surface area contributed by atoms with Gasteiger partial charge in [-0.1, -0.05) is 6.92 Å². The fourth-order valence-corrected chi connectivity index (χ4v) is 1.53. The second-order valence-corrected chi connectivity index (χ2v) is 3.81. The van der Waals surface area contributed by atoms with Gasteiger partial charge in [0.2, 0.25) is 5.91 Å². The molecule has 0 unspecified atom stereocenters. The Bertz CT molecular complexity index is 412. The molecule has 0 spiro atoms. The van der Waals surface area contributed by atoms with Gasteiger partial charge in [-0.25, -0.2) is 0 Å². The summed E-state index contributed by atoms with van der Waals surface area (Å²) in [6, 6.07) is 1.59. The summed E-state index contributed by atoms with van der Waals surface area (Å²) in [5, 5.41) is 2.54. The van der Waals surface area contributed by atoms with E-state index >= 15 is 0 Å². The molecule has 1 heterocycles. The first-order chi connectivity index (χ1) is 6.54. The van der Waals surface area contributed by atoms with Crippen molar-refractivity contribution in [2.75, 3.05) is 5.32 Å². The summed E-state index contributed by atoms with van der Waals surface area (Å²) in [7, 11) is 1.63. The summed E-state index contributed by atoms with van der Waals surface area (Å²) >= 11 is 3.25. The van der Waals surface area contributed by atoms with Crippen LogP contribution in [0.3, 0.4) is 0 Å². The number of aryl methyl sites for hydroxylation is 1. The molecule has 0 aliphatic carbocycles. The van der Waals surface area contributed by atoms with Crippen molar-refractivity contribution in [2.24, 2.45) is 7.05 Å². The van der Waals surface area contributed by atoms with Gasteiger partial charge in [0.15, 0.2) is 0 Å². The molecule has 0 bridgehead atoms. The Hall–Kier alpha value is -1.10. The van der Waals surface area contributed by atoms with Gasteiger partial charge in [0.1, 0.15) is 5.69 Å². The number of nitrogens with zero attached hydrogens (tertiary/aromatic N) is 1. The molecule has 0 aromatic carbocycles. The Balaban J connectivity index is 3.09. The highest BCUT2D eigenvalue weighted by atomic mass is 79.9. The number of aromatic nitrogens is 1. The van der Waals surface area contributed by atoms with Crippen molar-refractivity contribution in [3.05, 3.63) is 27.1 Å². The molecule has 14 heavy (non-hydrogen) atoms. The normalized spacial score (nSPS) is 9.93. The summed E-state index contributed by atoms with van der Waals surface area (Å²) < 4.78 is 2.17. The van der Waals surface area contributed by atoms with Crippen LogP contribution in [0, 0.1) is 0 Å². The number of carbonyl (C=O) groups excluding carboxylic acids is 1. The third-order valence-corrected chi connectivity index (χ3v) is 2.18. The minimum Gasteiger partial charge on any atom is -0.321 e. The van der Waals surface area contributed by atoms with E-state index in [1.807, 2.05) is 0 Å². The van der Waals surface area contributed by atoms with Crippen LogP contribution in [-0.2, 0) is 11.8 Å². The van der Waals surface area contributed by atoms with Crippen molar-refractivity contribution in [1.82, 2.24) is 4.57 Å². The van der Waals surface area contributed by atoms with Crippen LogP contribution in [-0.4, -0.2) is 10.5 Å². The van der Waals surface area contributed by atoms with Gasteiger partial charge >= 0.3 is 0 Å². The highest BCUT2D eigenvalue weighted by Crippen LogP contribution is 2.11. The number of hydrogen-bond donors (Lipinski definition) is 1. The average Bonchev–Trinajstić information content (AvgIpc) is 2.13. The fourth-order valence-electron chi connectivity index (χ4n) is 0.999. The molecule has 0 aliphatic heterocycles. The lowest BCUT2D eigenvalue weighted by molar-refractivity contribution is -0.115. The van der Waals surface area contributed by atoms with Crippen molar-refractivity contribution in [3.8, 4) is 0 Å². The van der Waals surface area contributed by atoms with Crippen LogP contribution in [0.1, 0.15) is 13.3 Å². The van der Waals surface area contributed by atoms with E-state index in [2.05, 4.69) is 21.2 Å². The number of amides is 1. The van der Waals surface area contributed by atoms with Crippen LogP contribution < -0.4 is 10.9 Å². The number of anilines is 1. The molecule has 0 aliphatic rings. The van der Waals surface area contributed by atoms with Gasteiger partial charge in [0.05, 0.1) is 0 Å². The Morgan fingerprint density at radius 3 is 2.86 bits per heavy atom. The SMILES string of the molecule is CCC(=O)Nc1cc(Br)cn(C)c1=O. The van der Waals surface area contributed by atoms with E-state index in [0.717, 1.165) is 4.47 Å². The summed E-state index contributed by atoms with van der Waals surface area (Å²) in [5.74, 6) is -0.166. The Labute approximate surface area is 90.1 Å². The zero-order valence-corrected chi connectivity index (χ0v) is 9.59. The van der Waals surface area contributed by atoms with Crippen molar-refractivity contribution in [3.63, 3.8) is 0 Å². The molecule has 1 aromatic heterocycles. The predicted molar refractivity (Wildman–Crippen MR) is 58.3 cm³/mol. The van der Waals surface area contributed by atoms with Crippen LogP contribution in [0.15, 0.2) is 21.5 Å². The van der Waals surface area contributed by atoms with Gasteiger partial charge in [0, 0.05) is 24.1 Å². The van der Waals surface area contributed by atoms with Crippen molar-refractivity contribution >= 4 is 27.5 Å². The Morgan fingerprint density at radius 2 is 2.29 bits per heavy atom. The topological polar surface area (TPSA) is 51.1 Å². The molecule has 5 heteroatoms. The van der Waals surface area contributed by atoms with Gasteiger partial charge in [0.25, 0.3) is 5.56 Å². The Morgan fingerprint density at radius 1 is 1.64 bits per heavy atom. The quantitative estimate of drug-likeness (QED) is 0.874. The average molecular weight is 259 g/mol. The maximum atomic E-state index is 11.5. The van der Waals surface area contributed by atoms with Crippen molar-refractivity contribution in [1.29, 1.82) is 0 Å². The largest absolute Gasteiger partial charge is 0.321 e. The zero-order valence-electron chi connectivity index (χ0n) is 8.00. The van der Waals surface area contributed by atoms with E-state index in [0.29, 0.717) is 12.1 Å². The summed E-state index contributed by atoms with van der Waals surface area (Å²) in [6.07, 6.45) is 2.00. The van der Waals surface area contributed by atoms with E-state index < -0.39 is 0 Å². The molecule has 0 fully saturated rings. The van der Waals surface area contributed by atoms with E-state index in [4.69, 9.17) is 0 Å². The third kappa shape index (κ3) is 2.45. The predicted octanol–water partition coefficient (Wildman–Crippen LogP) is 1.50. The van der Waals surface area contributed by atoms with Crippen LogP contribution in [0.25, 0.3) is 0 Å². The molecule has 0 atom stereocenters. The Kier molecular flexibility index (Phi) is 3.46. The number of carbonyl (C=O) groups is 1. The first-order valence-corrected chi connectivity index (χ1v) is 5.00. The van der Waals surface area contributed by atoms with Crippen molar-refractivity contribution < 1.29 is 4.79 Å². The van der Waals surface area contributed by atoms with E-state index in [1.165, 1.54) is 4.57 Å². The molecule has 1 rings (SSSR count). The highest BCUT2D eigenvalue weighted by molar-refractivity contribution is 9.10. The minimum absolute atomic E-state index is 0.166. The second kappa shape index (κ2) is 4.41. The number of pyridine rings is 1. The molecule has 1 amide bonds. The number of rotatable bonds is 2. The molecule has 0 saturated heterocycles. The van der Waals surface area contributed by atoms with Gasteiger partial charge in [-0.15, -0.1) is 0 Å². The number of nitrogens with one attached hydrogen (secondary N) is 1. The van der Waals surface area contributed by atoms with Crippen LogP contribution in [0.4, 0.5) is 5.69 Å². The monoisotopic (exact) mass is 258 g/mol. The minimum atomic E-state index is -0.213. The maximum absolute atomic E-state index is 11.5. The molecular weight excluding hydrogens is 248 g/mol. The van der Waals surface area contributed by atoms with Crippen molar-refractivity contribution in [2.45, 2.75) is 13.3 Å². The molecule has 4 nitrogen and oxygen atoms in total. The highest BCUT2D eigenvalue weighted by Gasteiger charge is 2.05. The maximum Gasteiger partial charge on any atom is 0.274 e. The van der Waals surface area contributed by atoms with Crippen LogP contribution >= 0.6 is 15.9 Å². The molecule has 0 radical (unpaired) electrons. The van der Waals surface area contributed by atoms with E-state index in [-0.39, 0.29) is 11.5 Å². The van der Waals surface area contributed by atoms with Crippen LogP contribution in [0.5, 0.6) is 0 Å². The fraction of sp³-hybridized carbons (Fsp3) is 0.333. The van der Waals surface area contributed by atoms with Gasteiger partial charge < -0.3 is 9.88 Å². The molecular formula is C9H11BrN2O2. The molecule has 0 saturated carbocycles. The van der Waals surface area contributed by atoms with E-state index in [9.17, 15) is 9.59 Å². The lowest BCUT2D eigenvalue weighted by Crippen LogP contribution is -2.23. The molecule has 76 valence electrons. The van der Waals surface area contributed by atoms with Crippen LogP contribution in [0.2, 0.25) is 0 Å². The summed E-state index contributed by atoms with van der Waals surface area (Å²) in [4.78, 5) is 22.6. The summed E-state index contributed by atoms with van der Waals surface area (Å²) in [6.45, 7) is 1.73. The smallest absolute Gasteiger partial charge is 0.274 e. The third-order valence-electron chi connectivity index (χ3n) is 1.75.